The van der Waals surface area contributed by atoms with Crippen molar-refractivity contribution < 1.29 is 58.9 Å². The van der Waals surface area contributed by atoms with Crippen molar-refractivity contribution in [1.82, 2.24) is 5.32 Å². The van der Waals surface area contributed by atoms with Crippen LogP contribution in [-0.4, -0.2) is 111 Å². The van der Waals surface area contributed by atoms with Gasteiger partial charge in [0.1, 0.15) is 29.5 Å². The average molecular weight is 586 g/mol. The predicted molar refractivity (Wildman–Crippen MR) is 139 cm³/mol. The van der Waals surface area contributed by atoms with Crippen molar-refractivity contribution in [3.05, 3.63) is 11.1 Å². The number of Topliss-reactive ketones (excluding diaryl/α,β-unsaturated/α-hetero) is 1. The largest absolute Gasteiger partial charge is 0.459 e. The number of aliphatic hydroxyl groups excluding tert-OH is 3. The van der Waals surface area contributed by atoms with Crippen molar-refractivity contribution in [3.63, 3.8) is 0 Å². The highest BCUT2D eigenvalue weighted by molar-refractivity contribution is 5.93. The molecule has 0 radical (unpaired) electrons. The minimum atomic E-state index is -2.18. The maximum absolute atomic E-state index is 14.2. The van der Waals surface area contributed by atoms with Gasteiger partial charge in [-0.25, -0.2) is 4.79 Å². The van der Waals surface area contributed by atoms with Crippen LogP contribution >= 0.6 is 0 Å². The Balaban J connectivity index is 1.90. The molecule has 1 heterocycles. The third-order valence-corrected chi connectivity index (χ3v) is 10.0. The summed E-state index contributed by atoms with van der Waals surface area (Å²) in [5, 5.41) is 54.5. The number of rotatable bonds is 6. The molecule has 13 heteroatoms. The van der Waals surface area contributed by atoms with Crippen LogP contribution in [0.1, 0.15) is 61.3 Å². The summed E-state index contributed by atoms with van der Waals surface area (Å²) in [5.74, 6) is -4.68. The first-order chi connectivity index (χ1) is 19.3. The molecule has 3 aliphatic carbocycles. The van der Waals surface area contributed by atoms with E-state index in [1.807, 2.05) is 0 Å². The van der Waals surface area contributed by atoms with Crippen LogP contribution in [0.25, 0.3) is 0 Å². The SMILES string of the molecule is [3H]O[C@@H](C(=O)OC1C[C@@]2(O)[C@@H](OC(C)=O)[C@@H]3[C@]4(O)COC4CC(O)[C@@]3(C)C(=O)[C@H](O)C(=C1C)C2(C)C)C(C)NC(C)=O. The summed E-state index contributed by atoms with van der Waals surface area (Å²) in [6, 6.07) is -0.968. The summed E-state index contributed by atoms with van der Waals surface area (Å²) < 4.78 is 24.4. The minimum absolute atomic E-state index is 0.000279. The number of carbonyl (C=O) groups excluding carboxylic acids is 4. The molecule has 1 saturated heterocycles. The lowest BCUT2D eigenvalue weighted by molar-refractivity contribution is -0.345. The van der Waals surface area contributed by atoms with Gasteiger partial charge < -0.3 is 45.1 Å². The van der Waals surface area contributed by atoms with Crippen LogP contribution in [0.5, 0.6) is 0 Å². The third-order valence-electron chi connectivity index (χ3n) is 10.0. The summed E-state index contributed by atoms with van der Waals surface area (Å²) in [5.41, 5.74) is -7.14. The molecule has 4 unspecified atom stereocenters. The highest BCUT2D eigenvalue weighted by Crippen LogP contribution is 2.63. The molecule has 1 aliphatic heterocycles. The normalized spacial score (nSPS) is 43.1. The number of amides is 1. The van der Waals surface area contributed by atoms with E-state index in [1.165, 1.54) is 27.7 Å². The molecule has 0 spiro atoms. The van der Waals surface area contributed by atoms with Crippen LogP contribution < -0.4 is 5.32 Å². The Morgan fingerprint density at radius 2 is 1.78 bits per heavy atom. The number of aliphatic hydroxyl groups is 5. The van der Waals surface area contributed by atoms with E-state index in [4.69, 9.17) is 15.6 Å². The summed E-state index contributed by atoms with van der Waals surface area (Å²) in [7, 11) is 0. The highest BCUT2D eigenvalue weighted by Gasteiger charge is 2.76. The molecule has 230 valence electrons. The number of fused-ring (bicyclic) bond motifs is 5. The molecule has 1 amide bonds. The molecular formula is C28H41NO12. The summed E-state index contributed by atoms with van der Waals surface area (Å²) in [6.45, 7) is 9.47. The van der Waals surface area contributed by atoms with Crippen LogP contribution in [0.15, 0.2) is 11.1 Å². The molecule has 13 nitrogen and oxygen atoms in total. The number of carbonyl (C=O) groups is 4. The van der Waals surface area contributed by atoms with Gasteiger partial charge in [-0.2, -0.15) is 0 Å². The van der Waals surface area contributed by atoms with Crippen molar-refractivity contribution in [2.75, 3.05) is 6.61 Å². The van der Waals surface area contributed by atoms with Gasteiger partial charge >= 0.3 is 11.9 Å². The first-order valence-electron chi connectivity index (χ1n) is 14.1. The van der Waals surface area contributed by atoms with Gasteiger partial charge in [0.15, 0.2) is 11.9 Å². The van der Waals surface area contributed by atoms with Crippen LogP contribution in [0.2, 0.25) is 0 Å². The molecule has 41 heavy (non-hydrogen) atoms. The van der Waals surface area contributed by atoms with Crippen LogP contribution in [0.3, 0.4) is 0 Å². The van der Waals surface area contributed by atoms with Crippen molar-refractivity contribution in [1.29, 1.82) is 1.43 Å². The second-order valence-electron chi connectivity index (χ2n) is 12.8. The standard InChI is InChI=1S/C28H41NO12/c1-11-15(41-24(36)19(33)12(2)29-13(3)30)9-28(38)23(40-14(4)31)21-26(7,16(32)8-17-27(21,37)10-39-17)22(35)20(34)18(11)25(28,5)6/h12,15-17,19-21,23,32-34,37-38H,8-10H2,1-7H3,(H,29,30)/t12?,15?,16?,17?,19-,20-,21+,23+,26-,27+,28-/m1/s1/i33T. The molecule has 11 atom stereocenters. The maximum Gasteiger partial charge on any atom is 0.337 e. The zero-order valence-electron chi connectivity index (χ0n) is 25.3. The van der Waals surface area contributed by atoms with Crippen molar-refractivity contribution in [3.8, 4) is 0 Å². The lowest BCUT2D eigenvalue weighted by Gasteiger charge is -2.66. The predicted octanol–water partition coefficient (Wildman–Crippen LogP) is -1.35. The monoisotopic (exact) mass is 585 g/mol. The summed E-state index contributed by atoms with van der Waals surface area (Å²) in [6.07, 6.45) is -9.33. The molecule has 4 aliphatic rings. The first kappa shape index (κ1) is 30.1. The first-order valence-corrected chi connectivity index (χ1v) is 13.7. The number of hydrogen-bond donors (Lipinski definition) is 6. The fourth-order valence-corrected chi connectivity index (χ4v) is 7.61. The number of ether oxygens (including phenoxy) is 3. The van der Waals surface area contributed by atoms with Crippen molar-refractivity contribution >= 4 is 23.6 Å². The van der Waals surface area contributed by atoms with E-state index in [1.54, 1.807) is 13.8 Å². The maximum atomic E-state index is 14.2. The Kier molecular flexibility index (Phi) is 7.40. The zero-order chi connectivity index (χ0) is 31.7. The van der Waals surface area contributed by atoms with E-state index >= 15 is 0 Å². The molecule has 0 aromatic heterocycles. The molecule has 2 bridgehead atoms. The molecule has 2 saturated carbocycles. The highest BCUT2D eigenvalue weighted by atomic mass is 16.6. The van der Waals surface area contributed by atoms with Gasteiger partial charge in [-0.3, -0.25) is 14.4 Å². The second-order valence-corrected chi connectivity index (χ2v) is 12.8. The zero-order valence-corrected chi connectivity index (χ0v) is 24.3. The lowest BCUT2D eigenvalue weighted by Crippen LogP contribution is -2.81. The van der Waals surface area contributed by atoms with E-state index in [2.05, 4.69) is 10.4 Å². The molecule has 3 fully saturated rings. The van der Waals surface area contributed by atoms with Crippen LogP contribution in [0, 0.1) is 16.7 Å². The second kappa shape index (κ2) is 10.1. The number of esters is 2. The van der Waals surface area contributed by atoms with Gasteiger partial charge in [-0.1, -0.05) is 13.8 Å². The Hall–Kier alpha value is -2.42. The van der Waals surface area contributed by atoms with E-state index in [9.17, 15) is 39.6 Å². The lowest BCUT2D eigenvalue weighted by atomic mass is 9.45. The van der Waals surface area contributed by atoms with Gasteiger partial charge in [-0.05, 0) is 31.9 Å². The molecule has 0 aromatic carbocycles. The van der Waals surface area contributed by atoms with Crippen LogP contribution in [-0.2, 0) is 33.4 Å². The van der Waals surface area contributed by atoms with Crippen LogP contribution in [0.4, 0.5) is 0 Å². The van der Waals surface area contributed by atoms with E-state index < -0.39 is 101 Å². The smallest absolute Gasteiger partial charge is 0.337 e. The van der Waals surface area contributed by atoms with Crippen molar-refractivity contribution in [2.24, 2.45) is 16.7 Å². The Morgan fingerprint density at radius 3 is 2.29 bits per heavy atom. The van der Waals surface area contributed by atoms with Gasteiger partial charge in [0.2, 0.25) is 7.34 Å². The van der Waals surface area contributed by atoms with E-state index in [0.29, 0.717) is 0 Å². The average Bonchev–Trinajstić information content (AvgIpc) is 2.86. The van der Waals surface area contributed by atoms with E-state index in [0.717, 1.165) is 6.92 Å². The molecule has 6 N–H and O–H groups in total. The number of ketones is 1. The fraction of sp³-hybridized carbons (Fsp3) is 0.786. The molecule has 0 aromatic rings. The van der Waals surface area contributed by atoms with Gasteiger partial charge in [0.25, 0.3) is 0 Å². The quantitative estimate of drug-likeness (QED) is 0.158. The Morgan fingerprint density at radius 1 is 1.15 bits per heavy atom. The topological polar surface area (TPSA) is 209 Å². The van der Waals surface area contributed by atoms with Crippen molar-refractivity contribution in [2.45, 2.75) is 115 Å². The van der Waals surface area contributed by atoms with E-state index in [-0.39, 0.29) is 24.2 Å². The van der Waals surface area contributed by atoms with Gasteiger partial charge in [-0.15, -0.1) is 0 Å². The third kappa shape index (κ3) is 4.43. The molecular weight excluding hydrogens is 542 g/mol. The fourth-order valence-electron chi connectivity index (χ4n) is 7.61. The summed E-state index contributed by atoms with van der Waals surface area (Å²) in [4.78, 5) is 51.5. The summed E-state index contributed by atoms with van der Waals surface area (Å²) >= 11 is 0. The van der Waals surface area contributed by atoms with Gasteiger partial charge in [0, 0.05) is 38.0 Å². The van der Waals surface area contributed by atoms with Gasteiger partial charge in [0.05, 0.1) is 30.3 Å². The Bertz CT molecular complexity index is 1210. The Labute approximate surface area is 239 Å². The molecule has 4 rings (SSSR count). The number of hydrogen-bond acceptors (Lipinski definition) is 12. The number of nitrogens with one attached hydrogen (secondary N) is 1. The minimum Gasteiger partial charge on any atom is -0.459 e.